The summed E-state index contributed by atoms with van der Waals surface area (Å²) in [7, 11) is 0. The molecule has 0 spiro atoms. The Labute approximate surface area is 141 Å². The van der Waals surface area contributed by atoms with Gasteiger partial charge in [0.15, 0.2) is 0 Å². The van der Waals surface area contributed by atoms with Crippen LogP contribution in [0.2, 0.25) is 0 Å². The van der Waals surface area contributed by atoms with Gasteiger partial charge in [0, 0.05) is 6.54 Å². The van der Waals surface area contributed by atoms with Crippen LogP contribution in [0.1, 0.15) is 22.7 Å². The van der Waals surface area contributed by atoms with E-state index in [1.807, 2.05) is 53.4 Å². The average molecular weight is 326 g/mol. The standard InChI is InChI=1S/C19H22N2O3/c22-13-18-17-9-5-4-8-16(17)10-11-21(18)12-19(23)20-24-14-15-6-2-1-3-7-15/h1-9,18,22H,10-14H2,(H,20,23). The summed E-state index contributed by atoms with van der Waals surface area (Å²) in [5, 5.41) is 9.74. The molecule has 2 aromatic rings. The molecule has 1 aliphatic rings. The lowest BCUT2D eigenvalue weighted by Gasteiger charge is -2.35. The summed E-state index contributed by atoms with van der Waals surface area (Å²) in [6, 6.07) is 17.6. The van der Waals surface area contributed by atoms with Crippen molar-refractivity contribution in [2.24, 2.45) is 0 Å². The number of nitrogens with zero attached hydrogens (tertiary/aromatic N) is 1. The molecule has 0 saturated heterocycles. The first-order chi connectivity index (χ1) is 11.8. The number of rotatable bonds is 6. The van der Waals surface area contributed by atoms with E-state index in [0.717, 1.165) is 24.1 Å². The van der Waals surface area contributed by atoms with Gasteiger partial charge in [0.2, 0.25) is 0 Å². The second kappa shape index (κ2) is 8.06. The first kappa shape index (κ1) is 16.6. The molecular formula is C19H22N2O3. The Morgan fingerprint density at radius 3 is 2.71 bits per heavy atom. The molecule has 1 amide bonds. The third kappa shape index (κ3) is 4.00. The van der Waals surface area contributed by atoms with Crippen LogP contribution < -0.4 is 5.48 Å². The van der Waals surface area contributed by atoms with Gasteiger partial charge in [-0.25, -0.2) is 5.48 Å². The Morgan fingerprint density at radius 1 is 1.17 bits per heavy atom. The SMILES string of the molecule is O=C(CN1CCc2ccccc2C1CO)NOCc1ccccc1. The first-order valence-corrected chi connectivity index (χ1v) is 8.15. The van der Waals surface area contributed by atoms with Crippen molar-refractivity contribution in [2.75, 3.05) is 19.7 Å². The van der Waals surface area contributed by atoms with E-state index in [-0.39, 0.29) is 25.1 Å². The van der Waals surface area contributed by atoms with Crippen molar-refractivity contribution in [3.8, 4) is 0 Å². The zero-order chi connectivity index (χ0) is 16.8. The van der Waals surface area contributed by atoms with Crippen molar-refractivity contribution in [2.45, 2.75) is 19.1 Å². The minimum Gasteiger partial charge on any atom is -0.394 e. The van der Waals surface area contributed by atoms with Crippen LogP contribution in [-0.2, 0) is 22.7 Å². The fourth-order valence-electron chi connectivity index (χ4n) is 3.10. The molecule has 2 aromatic carbocycles. The highest BCUT2D eigenvalue weighted by atomic mass is 16.6. The Morgan fingerprint density at radius 2 is 1.92 bits per heavy atom. The van der Waals surface area contributed by atoms with Gasteiger partial charge in [-0.3, -0.25) is 14.5 Å². The first-order valence-electron chi connectivity index (χ1n) is 8.15. The smallest absolute Gasteiger partial charge is 0.257 e. The van der Waals surface area contributed by atoms with Crippen LogP contribution in [0.3, 0.4) is 0 Å². The maximum atomic E-state index is 12.1. The lowest BCUT2D eigenvalue weighted by atomic mass is 9.93. The fraction of sp³-hybridized carbons (Fsp3) is 0.316. The van der Waals surface area contributed by atoms with E-state index in [4.69, 9.17) is 4.84 Å². The van der Waals surface area contributed by atoms with Gasteiger partial charge in [0.05, 0.1) is 25.8 Å². The van der Waals surface area contributed by atoms with Gasteiger partial charge in [-0.05, 0) is 23.1 Å². The molecular weight excluding hydrogens is 304 g/mol. The van der Waals surface area contributed by atoms with E-state index in [2.05, 4.69) is 11.5 Å². The maximum absolute atomic E-state index is 12.1. The van der Waals surface area contributed by atoms with Crippen LogP contribution in [-0.4, -0.2) is 35.6 Å². The van der Waals surface area contributed by atoms with Gasteiger partial charge >= 0.3 is 0 Å². The molecule has 2 N–H and O–H groups in total. The number of aliphatic hydroxyl groups is 1. The predicted octanol–water partition coefficient (Wildman–Crippen LogP) is 1.83. The molecule has 0 saturated carbocycles. The van der Waals surface area contributed by atoms with E-state index >= 15 is 0 Å². The molecule has 126 valence electrons. The van der Waals surface area contributed by atoms with Gasteiger partial charge in [-0.15, -0.1) is 0 Å². The number of hydrogen-bond donors (Lipinski definition) is 2. The molecule has 0 bridgehead atoms. The number of benzene rings is 2. The molecule has 0 aliphatic carbocycles. The number of aliphatic hydroxyl groups excluding tert-OH is 1. The molecule has 0 fully saturated rings. The van der Waals surface area contributed by atoms with E-state index in [1.165, 1.54) is 5.56 Å². The Bertz CT molecular complexity index is 675. The normalized spacial score (nSPS) is 17.3. The van der Waals surface area contributed by atoms with Gasteiger partial charge in [0.1, 0.15) is 0 Å². The minimum absolute atomic E-state index is 0.00480. The number of nitrogens with one attached hydrogen (secondary N) is 1. The molecule has 3 rings (SSSR count). The molecule has 1 atom stereocenters. The van der Waals surface area contributed by atoms with Crippen LogP contribution in [0.5, 0.6) is 0 Å². The van der Waals surface area contributed by atoms with Gasteiger partial charge in [0.25, 0.3) is 5.91 Å². The van der Waals surface area contributed by atoms with E-state index in [0.29, 0.717) is 6.61 Å². The van der Waals surface area contributed by atoms with Gasteiger partial charge < -0.3 is 5.11 Å². The lowest BCUT2D eigenvalue weighted by Crippen LogP contribution is -2.43. The zero-order valence-electron chi connectivity index (χ0n) is 13.5. The summed E-state index contributed by atoms with van der Waals surface area (Å²) in [6.07, 6.45) is 0.880. The van der Waals surface area contributed by atoms with Gasteiger partial charge in [-0.2, -0.15) is 0 Å². The summed E-state index contributed by atoms with van der Waals surface area (Å²) < 4.78 is 0. The highest BCUT2D eigenvalue weighted by Gasteiger charge is 2.27. The molecule has 0 radical (unpaired) electrons. The molecule has 24 heavy (non-hydrogen) atoms. The number of carbonyl (C=O) groups is 1. The summed E-state index contributed by atoms with van der Waals surface area (Å²) in [5.41, 5.74) is 5.83. The van der Waals surface area contributed by atoms with Crippen LogP contribution in [0.15, 0.2) is 54.6 Å². The highest BCUT2D eigenvalue weighted by Crippen LogP contribution is 2.28. The largest absolute Gasteiger partial charge is 0.394 e. The summed E-state index contributed by atoms with van der Waals surface area (Å²) in [5.74, 6) is -0.205. The van der Waals surface area contributed by atoms with E-state index in [9.17, 15) is 9.90 Å². The third-order valence-corrected chi connectivity index (χ3v) is 4.31. The summed E-state index contributed by atoms with van der Waals surface area (Å²) >= 11 is 0. The Kier molecular flexibility index (Phi) is 5.59. The van der Waals surface area contributed by atoms with Gasteiger partial charge in [-0.1, -0.05) is 54.6 Å². The Balaban J connectivity index is 1.53. The molecule has 5 nitrogen and oxygen atoms in total. The zero-order valence-corrected chi connectivity index (χ0v) is 13.5. The molecule has 0 aromatic heterocycles. The Hall–Kier alpha value is -2.21. The topological polar surface area (TPSA) is 61.8 Å². The van der Waals surface area contributed by atoms with Crippen molar-refractivity contribution < 1.29 is 14.7 Å². The van der Waals surface area contributed by atoms with Crippen LogP contribution in [0.4, 0.5) is 0 Å². The van der Waals surface area contributed by atoms with Crippen molar-refractivity contribution in [3.63, 3.8) is 0 Å². The number of hydrogen-bond acceptors (Lipinski definition) is 4. The molecule has 1 aliphatic heterocycles. The molecule has 5 heteroatoms. The molecule has 1 unspecified atom stereocenters. The maximum Gasteiger partial charge on any atom is 0.257 e. The number of fused-ring (bicyclic) bond motifs is 1. The lowest BCUT2D eigenvalue weighted by molar-refractivity contribution is -0.136. The van der Waals surface area contributed by atoms with Crippen LogP contribution in [0.25, 0.3) is 0 Å². The monoisotopic (exact) mass is 326 g/mol. The van der Waals surface area contributed by atoms with Crippen molar-refractivity contribution >= 4 is 5.91 Å². The average Bonchev–Trinajstić information content (AvgIpc) is 2.62. The molecule has 1 heterocycles. The highest BCUT2D eigenvalue weighted by molar-refractivity contribution is 5.77. The second-order valence-corrected chi connectivity index (χ2v) is 5.92. The predicted molar refractivity (Wildman–Crippen MR) is 90.9 cm³/mol. The number of carbonyl (C=O) groups excluding carboxylic acids is 1. The van der Waals surface area contributed by atoms with Crippen molar-refractivity contribution in [1.82, 2.24) is 10.4 Å². The van der Waals surface area contributed by atoms with E-state index < -0.39 is 0 Å². The number of amides is 1. The third-order valence-electron chi connectivity index (χ3n) is 4.31. The fourth-order valence-corrected chi connectivity index (χ4v) is 3.10. The summed E-state index contributed by atoms with van der Waals surface area (Å²) in [4.78, 5) is 19.4. The quantitative estimate of drug-likeness (QED) is 0.795. The van der Waals surface area contributed by atoms with Crippen molar-refractivity contribution in [1.29, 1.82) is 0 Å². The minimum atomic E-state index is -0.205. The second-order valence-electron chi connectivity index (χ2n) is 5.92. The number of hydroxylamine groups is 1. The van der Waals surface area contributed by atoms with Crippen LogP contribution >= 0.6 is 0 Å². The van der Waals surface area contributed by atoms with E-state index in [1.54, 1.807) is 0 Å². The van der Waals surface area contributed by atoms with Crippen molar-refractivity contribution in [3.05, 3.63) is 71.3 Å². The van der Waals surface area contributed by atoms with Crippen LogP contribution in [0, 0.1) is 0 Å². The summed E-state index contributed by atoms with van der Waals surface area (Å²) in [6.45, 7) is 1.27.